The van der Waals surface area contributed by atoms with Crippen molar-refractivity contribution >= 4 is 67.4 Å². The van der Waals surface area contributed by atoms with Gasteiger partial charge in [-0.2, -0.15) is 0 Å². The van der Waals surface area contributed by atoms with Gasteiger partial charge in [-0.05, 0) is 78.6 Å². The van der Waals surface area contributed by atoms with Crippen molar-refractivity contribution in [3.05, 3.63) is 85.6 Å². The highest BCUT2D eigenvalue weighted by Gasteiger charge is 2.46. The number of halogens is 1. The Kier molecular flexibility index (Phi) is 10.7. The number of amides is 4. The number of benzene rings is 2. The Morgan fingerprint density at radius 1 is 1.02 bits per heavy atom. The smallest absolute Gasteiger partial charge is 0.275 e. The van der Waals surface area contributed by atoms with Gasteiger partial charge < -0.3 is 24.8 Å². The highest BCUT2D eigenvalue weighted by Crippen LogP contribution is 2.34. The highest BCUT2D eigenvalue weighted by atomic mass is 79.9. The van der Waals surface area contributed by atoms with Gasteiger partial charge in [0.05, 0.1) is 16.8 Å². The molecule has 3 aliphatic rings. The summed E-state index contributed by atoms with van der Waals surface area (Å²) in [6, 6.07) is 12.5. The van der Waals surface area contributed by atoms with Crippen LogP contribution in [0.15, 0.2) is 63.3 Å². The fraction of sp³-hybridized carbons (Fsp3) is 0.405. The van der Waals surface area contributed by atoms with E-state index in [1.165, 1.54) is 16.9 Å². The summed E-state index contributed by atoms with van der Waals surface area (Å²) in [6.07, 6.45) is 2.82. The van der Waals surface area contributed by atoms with Crippen molar-refractivity contribution in [3.63, 3.8) is 0 Å². The Morgan fingerprint density at radius 2 is 1.81 bits per heavy atom. The van der Waals surface area contributed by atoms with Gasteiger partial charge >= 0.3 is 0 Å². The zero-order valence-electron chi connectivity index (χ0n) is 29.7. The van der Waals surface area contributed by atoms with Crippen LogP contribution in [-0.2, 0) is 9.59 Å². The minimum atomic E-state index is -1.00. The number of fused-ring (bicyclic) bond motifs is 2. The van der Waals surface area contributed by atoms with Crippen molar-refractivity contribution in [2.75, 3.05) is 70.7 Å². The minimum absolute atomic E-state index is 0.0753. The van der Waals surface area contributed by atoms with Crippen LogP contribution in [0.4, 0.5) is 11.5 Å². The molecule has 5 heterocycles. The average molecular weight is 806 g/mol. The average Bonchev–Trinajstić information content (AvgIpc) is 3.71. The molecular weight excluding hydrogens is 764 g/mol. The first-order chi connectivity index (χ1) is 25.5. The van der Waals surface area contributed by atoms with Crippen molar-refractivity contribution in [1.29, 1.82) is 0 Å². The molecule has 3 aliphatic heterocycles. The second-order valence-electron chi connectivity index (χ2n) is 13.9. The second kappa shape index (κ2) is 15.4. The number of thiazole rings is 1. The molecule has 53 heavy (non-hydrogen) atoms. The van der Waals surface area contributed by atoms with Gasteiger partial charge in [-0.15, -0.1) is 11.3 Å². The van der Waals surface area contributed by atoms with E-state index in [9.17, 15) is 24.0 Å². The van der Waals surface area contributed by atoms with E-state index in [4.69, 9.17) is 4.74 Å². The Balaban J connectivity index is 0.892. The lowest BCUT2D eigenvalue weighted by Crippen LogP contribution is -2.54. The second-order valence-corrected chi connectivity index (χ2v) is 15.6. The molecule has 16 heteroatoms. The third-order valence-corrected chi connectivity index (χ3v) is 11.6. The third-order valence-electron chi connectivity index (χ3n) is 10.2. The van der Waals surface area contributed by atoms with E-state index in [0.29, 0.717) is 53.1 Å². The van der Waals surface area contributed by atoms with E-state index in [1.807, 2.05) is 36.5 Å². The fourth-order valence-electron chi connectivity index (χ4n) is 7.34. The summed E-state index contributed by atoms with van der Waals surface area (Å²) < 4.78 is 8.07. The molecule has 7 rings (SSSR count). The monoisotopic (exact) mass is 804 g/mol. The summed E-state index contributed by atoms with van der Waals surface area (Å²) in [5.41, 5.74) is 2.27. The van der Waals surface area contributed by atoms with E-state index >= 15 is 0 Å². The summed E-state index contributed by atoms with van der Waals surface area (Å²) in [5.74, 6) is -0.396. The standard InChI is InChI=1S/C37H41BrN8O6S/c1-42(13-14-44(3)27-6-4-5-26-30(27)35(50)46(34(26)49)28-11-12-29(47)40-33(28)48)15-17-52-25-9-7-22(8-10-25)23-19-24(21-43(2)20-23)39-32-31(38)36(51)45-16-18-53-37(45)41-32/h4-10,16,18,23-24,28,39H,11-15,17,19-21H2,1-3H3,(H,40,47,48)/t23-,24+,28?/m0/s1. The Labute approximate surface area is 318 Å². The number of hydrogen-bond donors (Lipinski definition) is 2. The number of hydrogen-bond acceptors (Lipinski definition) is 12. The van der Waals surface area contributed by atoms with Crippen LogP contribution < -0.4 is 25.8 Å². The molecule has 3 atom stereocenters. The number of piperidine rings is 2. The van der Waals surface area contributed by atoms with E-state index in [0.717, 1.165) is 30.2 Å². The number of aromatic nitrogens is 2. The largest absolute Gasteiger partial charge is 0.492 e. The molecule has 2 aromatic heterocycles. The van der Waals surface area contributed by atoms with Crippen LogP contribution in [0.2, 0.25) is 0 Å². The first kappa shape index (κ1) is 36.7. The Hall–Kier alpha value is -4.64. The molecule has 278 valence electrons. The SMILES string of the molecule is CN(CCOc1ccc([C@H]2C[C@@H](Nc3nc4sccn4c(=O)c3Br)CN(C)C2)cc1)CCN(C)c1cccc2c1C(=O)N(C1CCC(=O)NC1=O)C2=O. The molecule has 4 amide bonds. The molecule has 1 unspecified atom stereocenters. The van der Waals surface area contributed by atoms with Crippen LogP contribution >= 0.6 is 27.3 Å². The maximum absolute atomic E-state index is 13.5. The predicted octanol–water partition coefficient (Wildman–Crippen LogP) is 3.27. The van der Waals surface area contributed by atoms with Gasteiger partial charge in [-0.1, -0.05) is 18.2 Å². The lowest BCUT2D eigenvalue weighted by molar-refractivity contribution is -0.136. The van der Waals surface area contributed by atoms with Gasteiger partial charge in [-0.3, -0.25) is 38.6 Å². The van der Waals surface area contributed by atoms with E-state index < -0.39 is 29.7 Å². The van der Waals surface area contributed by atoms with Crippen LogP contribution in [-0.4, -0.2) is 120 Å². The lowest BCUT2D eigenvalue weighted by atomic mass is 9.88. The molecule has 2 fully saturated rings. The van der Waals surface area contributed by atoms with Gasteiger partial charge in [0, 0.05) is 63.8 Å². The third kappa shape index (κ3) is 7.58. The zero-order chi connectivity index (χ0) is 37.4. The number of rotatable bonds is 12. The lowest BCUT2D eigenvalue weighted by Gasteiger charge is -2.36. The molecule has 0 radical (unpaired) electrons. The molecule has 0 saturated carbocycles. The number of ether oxygens (including phenoxy) is 1. The van der Waals surface area contributed by atoms with E-state index in [2.05, 4.69) is 60.5 Å². The molecule has 0 aliphatic carbocycles. The molecule has 4 aromatic rings. The molecule has 14 nitrogen and oxygen atoms in total. The van der Waals surface area contributed by atoms with Crippen LogP contribution in [0.1, 0.15) is 51.5 Å². The van der Waals surface area contributed by atoms with Crippen molar-refractivity contribution in [3.8, 4) is 5.75 Å². The number of nitrogens with one attached hydrogen (secondary N) is 2. The number of anilines is 2. The summed E-state index contributed by atoms with van der Waals surface area (Å²) >= 11 is 4.88. The molecule has 2 saturated heterocycles. The maximum atomic E-state index is 13.5. The van der Waals surface area contributed by atoms with Crippen LogP contribution in [0.3, 0.4) is 0 Å². The van der Waals surface area contributed by atoms with Gasteiger partial charge in [0.2, 0.25) is 11.8 Å². The van der Waals surface area contributed by atoms with Crippen molar-refractivity contribution in [1.82, 2.24) is 29.4 Å². The minimum Gasteiger partial charge on any atom is -0.492 e. The van der Waals surface area contributed by atoms with Crippen LogP contribution in [0, 0.1) is 0 Å². The first-order valence-corrected chi connectivity index (χ1v) is 19.2. The summed E-state index contributed by atoms with van der Waals surface area (Å²) in [7, 11) is 5.98. The zero-order valence-corrected chi connectivity index (χ0v) is 32.1. The van der Waals surface area contributed by atoms with E-state index in [-0.39, 0.29) is 35.6 Å². The quantitative estimate of drug-likeness (QED) is 0.204. The summed E-state index contributed by atoms with van der Waals surface area (Å²) in [6.45, 7) is 4.19. The number of carbonyl (C=O) groups is 4. The fourth-order valence-corrected chi connectivity index (χ4v) is 8.44. The first-order valence-electron chi connectivity index (χ1n) is 17.6. The number of carbonyl (C=O) groups excluding carboxylic acids is 4. The molecular formula is C37H41BrN8O6S. The maximum Gasteiger partial charge on any atom is 0.275 e. The Morgan fingerprint density at radius 3 is 2.58 bits per heavy atom. The Bertz CT molecular complexity index is 2120. The van der Waals surface area contributed by atoms with Crippen molar-refractivity contribution < 1.29 is 23.9 Å². The predicted molar refractivity (Wildman–Crippen MR) is 205 cm³/mol. The molecule has 0 bridgehead atoms. The number of nitrogens with zero attached hydrogens (tertiary/aromatic N) is 6. The van der Waals surface area contributed by atoms with Gasteiger partial charge in [0.15, 0.2) is 4.96 Å². The number of imide groups is 2. The van der Waals surface area contributed by atoms with Gasteiger partial charge in [0.1, 0.15) is 28.7 Å². The summed E-state index contributed by atoms with van der Waals surface area (Å²) in [4.78, 5) is 76.3. The van der Waals surface area contributed by atoms with Crippen molar-refractivity contribution in [2.45, 2.75) is 37.3 Å². The molecule has 0 spiro atoms. The number of likely N-dealkylation sites (tertiary alicyclic amines) is 1. The normalized spacial score (nSPS) is 20.6. The number of likely N-dealkylation sites (N-methyl/N-ethyl adjacent to an activating group) is 3. The van der Waals surface area contributed by atoms with Gasteiger partial charge in [-0.25, -0.2) is 4.98 Å². The van der Waals surface area contributed by atoms with Crippen LogP contribution in [0.25, 0.3) is 4.96 Å². The highest BCUT2D eigenvalue weighted by molar-refractivity contribution is 9.10. The summed E-state index contributed by atoms with van der Waals surface area (Å²) in [5, 5.41) is 7.61. The molecule has 2 N–H and O–H groups in total. The van der Waals surface area contributed by atoms with Crippen LogP contribution in [0.5, 0.6) is 5.75 Å². The van der Waals surface area contributed by atoms with Gasteiger partial charge in [0.25, 0.3) is 17.4 Å². The van der Waals surface area contributed by atoms with Crippen molar-refractivity contribution in [2.24, 2.45) is 0 Å². The molecule has 2 aromatic carbocycles. The van der Waals surface area contributed by atoms with E-state index in [1.54, 1.807) is 28.8 Å². The topological polar surface area (TPSA) is 149 Å².